The van der Waals surface area contributed by atoms with Crippen LogP contribution in [0.2, 0.25) is 0 Å². The third-order valence-corrected chi connectivity index (χ3v) is 8.05. The van der Waals surface area contributed by atoms with Crippen molar-refractivity contribution in [3.05, 3.63) is 64.7 Å². The molecule has 1 fully saturated rings. The number of nitriles is 1. The topological polar surface area (TPSA) is 90.3 Å². The number of amides is 1. The van der Waals surface area contributed by atoms with Gasteiger partial charge in [-0.25, -0.2) is 8.42 Å². The summed E-state index contributed by atoms with van der Waals surface area (Å²) in [5.41, 5.74) is 3.59. The van der Waals surface area contributed by atoms with Crippen LogP contribution in [-0.2, 0) is 10.0 Å². The van der Waals surface area contributed by atoms with E-state index in [9.17, 15) is 13.2 Å². The third-order valence-electron chi connectivity index (χ3n) is 6.26. The predicted molar refractivity (Wildman–Crippen MR) is 127 cm³/mol. The molecule has 32 heavy (non-hydrogen) atoms. The van der Waals surface area contributed by atoms with Crippen LogP contribution < -0.4 is 4.72 Å². The highest BCUT2D eigenvalue weighted by Gasteiger charge is 2.26. The number of rotatable bonds is 7. The fourth-order valence-electron chi connectivity index (χ4n) is 4.11. The molecular formula is C25H31N3O3S. The molecule has 170 valence electrons. The van der Waals surface area contributed by atoms with Gasteiger partial charge in [0.15, 0.2) is 0 Å². The molecule has 0 aromatic heterocycles. The Balaban J connectivity index is 1.68. The molecule has 0 bridgehead atoms. The molecule has 1 saturated heterocycles. The van der Waals surface area contributed by atoms with Crippen LogP contribution in [0.15, 0.2) is 42.5 Å². The fraction of sp³-hybridized carbons (Fsp3) is 0.440. The van der Waals surface area contributed by atoms with Gasteiger partial charge in [0.2, 0.25) is 10.0 Å². The fourth-order valence-corrected chi connectivity index (χ4v) is 5.38. The number of likely N-dealkylation sites (tertiary alicyclic amines) is 1. The smallest absolute Gasteiger partial charge is 0.253 e. The molecule has 6 nitrogen and oxygen atoms in total. The van der Waals surface area contributed by atoms with Crippen LogP contribution in [0.1, 0.15) is 72.5 Å². The minimum Gasteiger partial charge on any atom is -0.339 e. The number of carbonyl (C=O) groups excluding carboxylic acids is 1. The molecule has 1 aliphatic heterocycles. The number of anilines is 1. The maximum absolute atomic E-state index is 13.1. The molecule has 1 atom stereocenters. The molecular weight excluding hydrogens is 422 g/mol. The van der Waals surface area contributed by atoms with Crippen LogP contribution in [0.25, 0.3) is 0 Å². The number of hydrogen-bond donors (Lipinski definition) is 1. The number of nitrogens with zero attached hydrogens (tertiary/aromatic N) is 2. The van der Waals surface area contributed by atoms with Crippen molar-refractivity contribution in [1.29, 1.82) is 5.26 Å². The summed E-state index contributed by atoms with van der Waals surface area (Å²) in [6.45, 7) is 6.78. The van der Waals surface area contributed by atoms with E-state index < -0.39 is 15.3 Å². The van der Waals surface area contributed by atoms with Crippen LogP contribution in [0.3, 0.4) is 0 Å². The summed E-state index contributed by atoms with van der Waals surface area (Å²) in [6.07, 6.45) is 3.09. The Morgan fingerprint density at radius 2 is 1.84 bits per heavy atom. The van der Waals surface area contributed by atoms with E-state index in [0.29, 0.717) is 42.2 Å². The van der Waals surface area contributed by atoms with Crippen molar-refractivity contribution in [3.63, 3.8) is 0 Å². The highest BCUT2D eigenvalue weighted by atomic mass is 32.2. The summed E-state index contributed by atoms with van der Waals surface area (Å²) in [5.74, 6) is 0.289. The molecule has 2 aromatic carbocycles. The van der Waals surface area contributed by atoms with Crippen molar-refractivity contribution in [2.45, 2.75) is 57.6 Å². The second-order valence-electron chi connectivity index (χ2n) is 8.58. The second kappa shape index (κ2) is 10.2. The highest BCUT2D eigenvalue weighted by Crippen LogP contribution is 2.29. The van der Waals surface area contributed by atoms with E-state index in [2.05, 4.69) is 10.8 Å². The van der Waals surface area contributed by atoms with E-state index in [1.807, 2.05) is 43.0 Å². The van der Waals surface area contributed by atoms with E-state index in [0.717, 1.165) is 24.8 Å². The molecule has 0 saturated carbocycles. The zero-order valence-corrected chi connectivity index (χ0v) is 19.8. The lowest BCUT2D eigenvalue weighted by molar-refractivity contribution is 0.0713. The van der Waals surface area contributed by atoms with Gasteiger partial charge in [-0.1, -0.05) is 31.5 Å². The van der Waals surface area contributed by atoms with E-state index >= 15 is 0 Å². The van der Waals surface area contributed by atoms with Crippen LogP contribution in [-0.4, -0.2) is 37.6 Å². The standard InChI is InChI=1S/C25H31N3O3S/c1-4-5-19(3)32(30,31)27-24-16-23(9-6-18(24)2)25(29)28-14-12-22(13-15-28)21-10-7-20(17-26)8-11-21/h6-11,16,19,22,27H,4-5,12-15H2,1-3H3. The van der Waals surface area contributed by atoms with Gasteiger partial charge in [-0.15, -0.1) is 0 Å². The molecule has 1 amide bonds. The van der Waals surface area contributed by atoms with Gasteiger partial charge in [0.25, 0.3) is 5.91 Å². The lowest BCUT2D eigenvalue weighted by atomic mass is 9.89. The quantitative estimate of drug-likeness (QED) is 0.651. The average molecular weight is 454 g/mol. The summed E-state index contributed by atoms with van der Waals surface area (Å²) >= 11 is 0. The first-order valence-electron chi connectivity index (χ1n) is 11.2. The van der Waals surface area contributed by atoms with Gasteiger partial charge < -0.3 is 4.90 Å². The van der Waals surface area contributed by atoms with Gasteiger partial charge in [-0.05, 0) is 74.4 Å². The maximum atomic E-state index is 13.1. The van der Waals surface area contributed by atoms with E-state index in [1.165, 1.54) is 5.56 Å². The Kier molecular flexibility index (Phi) is 7.57. The summed E-state index contributed by atoms with van der Waals surface area (Å²) < 4.78 is 27.9. The minimum absolute atomic E-state index is 0.0784. The minimum atomic E-state index is -3.50. The Hall–Kier alpha value is -2.85. The number of piperidine rings is 1. The molecule has 7 heteroatoms. The first kappa shape index (κ1) is 23.8. The van der Waals surface area contributed by atoms with Crippen molar-refractivity contribution < 1.29 is 13.2 Å². The monoisotopic (exact) mass is 453 g/mol. The second-order valence-corrected chi connectivity index (χ2v) is 10.7. The number of nitrogens with one attached hydrogen (secondary N) is 1. The first-order chi connectivity index (χ1) is 15.2. The van der Waals surface area contributed by atoms with Gasteiger partial charge in [-0.3, -0.25) is 9.52 Å². The summed E-state index contributed by atoms with van der Waals surface area (Å²) in [6, 6.07) is 15.0. The first-order valence-corrected chi connectivity index (χ1v) is 12.7. The van der Waals surface area contributed by atoms with Crippen molar-refractivity contribution >= 4 is 21.6 Å². The van der Waals surface area contributed by atoms with Gasteiger partial charge in [0, 0.05) is 18.7 Å². The Labute approximate surface area is 191 Å². The summed E-state index contributed by atoms with van der Waals surface area (Å²) in [4.78, 5) is 14.9. The molecule has 1 unspecified atom stereocenters. The molecule has 0 spiro atoms. The van der Waals surface area contributed by atoms with Crippen molar-refractivity contribution in [2.24, 2.45) is 0 Å². The van der Waals surface area contributed by atoms with E-state index in [4.69, 9.17) is 5.26 Å². The summed E-state index contributed by atoms with van der Waals surface area (Å²) in [7, 11) is -3.50. The lowest BCUT2D eigenvalue weighted by Crippen LogP contribution is -2.38. The molecule has 0 radical (unpaired) electrons. The van der Waals surface area contributed by atoms with Gasteiger partial charge in [-0.2, -0.15) is 5.26 Å². The zero-order chi connectivity index (χ0) is 23.3. The lowest BCUT2D eigenvalue weighted by Gasteiger charge is -2.32. The van der Waals surface area contributed by atoms with E-state index in [-0.39, 0.29) is 5.91 Å². The average Bonchev–Trinajstić information content (AvgIpc) is 2.80. The number of benzene rings is 2. The Morgan fingerprint density at radius 3 is 2.44 bits per heavy atom. The Bertz CT molecular complexity index is 1100. The molecule has 1 N–H and O–H groups in total. The van der Waals surface area contributed by atoms with Crippen LogP contribution >= 0.6 is 0 Å². The normalized spacial score (nSPS) is 15.8. The van der Waals surface area contributed by atoms with Crippen LogP contribution in [0, 0.1) is 18.3 Å². The number of sulfonamides is 1. The molecule has 0 aliphatic carbocycles. The number of carbonyl (C=O) groups is 1. The Morgan fingerprint density at radius 1 is 1.19 bits per heavy atom. The molecule has 1 aliphatic rings. The maximum Gasteiger partial charge on any atom is 0.253 e. The largest absolute Gasteiger partial charge is 0.339 e. The van der Waals surface area contributed by atoms with E-state index in [1.54, 1.807) is 25.1 Å². The highest BCUT2D eigenvalue weighted by molar-refractivity contribution is 7.93. The third kappa shape index (κ3) is 5.49. The van der Waals surface area contributed by atoms with Gasteiger partial charge >= 0.3 is 0 Å². The van der Waals surface area contributed by atoms with Crippen LogP contribution in [0.5, 0.6) is 0 Å². The molecule has 2 aromatic rings. The number of aryl methyl sites for hydroxylation is 1. The van der Waals surface area contributed by atoms with Gasteiger partial charge in [0.1, 0.15) is 0 Å². The van der Waals surface area contributed by atoms with Gasteiger partial charge in [0.05, 0.1) is 22.6 Å². The predicted octanol–water partition coefficient (Wildman–Crippen LogP) is 4.82. The molecule has 3 rings (SSSR count). The van der Waals surface area contributed by atoms with Crippen molar-refractivity contribution in [1.82, 2.24) is 4.90 Å². The number of hydrogen-bond acceptors (Lipinski definition) is 4. The van der Waals surface area contributed by atoms with Crippen molar-refractivity contribution in [2.75, 3.05) is 17.8 Å². The summed E-state index contributed by atoms with van der Waals surface area (Å²) in [5, 5.41) is 8.47. The van der Waals surface area contributed by atoms with Crippen molar-refractivity contribution in [3.8, 4) is 6.07 Å². The SMILES string of the molecule is CCCC(C)S(=O)(=O)Nc1cc(C(=O)N2CCC(c3ccc(C#N)cc3)CC2)ccc1C. The zero-order valence-electron chi connectivity index (χ0n) is 19.0. The van der Waals surface area contributed by atoms with Crippen LogP contribution in [0.4, 0.5) is 5.69 Å². The molecule has 1 heterocycles.